The van der Waals surface area contributed by atoms with Gasteiger partial charge in [-0.2, -0.15) is 13.2 Å². The van der Waals surface area contributed by atoms with E-state index < -0.39 is 17.6 Å². The van der Waals surface area contributed by atoms with Crippen LogP contribution in [0.2, 0.25) is 5.02 Å². The second-order valence-electron chi connectivity index (χ2n) is 4.98. The number of anilines is 1. The maximum absolute atomic E-state index is 12.9. The molecule has 0 radical (unpaired) electrons. The zero-order chi connectivity index (χ0) is 16.2. The number of nitrogens with one attached hydrogen (secondary N) is 2. The molecule has 1 aromatic carbocycles. The number of amides is 1. The van der Waals surface area contributed by atoms with Gasteiger partial charge in [0.1, 0.15) is 0 Å². The van der Waals surface area contributed by atoms with Gasteiger partial charge in [-0.1, -0.05) is 11.6 Å². The van der Waals surface area contributed by atoms with Crippen LogP contribution in [0.25, 0.3) is 0 Å². The van der Waals surface area contributed by atoms with E-state index in [0.29, 0.717) is 13.2 Å². The van der Waals surface area contributed by atoms with Crippen molar-refractivity contribution in [3.63, 3.8) is 0 Å². The highest BCUT2D eigenvalue weighted by Crippen LogP contribution is 2.36. The minimum Gasteiger partial charge on any atom is -0.376 e. The molecule has 22 heavy (non-hydrogen) atoms. The highest BCUT2D eigenvalue weighted by atomic mass is 35.5. The molecule has 1 amide bonds. The second-order valence-corrected chi connectivity index (χ2v) is 5.42. The van der Waals surface area contributed by atoms with Gasteiger partial charge in [0.05, 0.1) is 18.2 Å². The Balaban J connectivity index is 1.89. The average molecular weight is 337 g/mol. The molecule has 0 saturated carbocycles. The normalized spacial score (nSPS) is 18.3. The van der Waals surface area contributed by atoms with Gasteiger partial charge in [-0.15, -0.1) is 0 Å². The molecule has 1 aromatic rings. The summed E-state index contributed by atoms with van der Waals surface area (Å²) in [7, 11) is 0. The number of hydrogen-bond acceptors (Lipinski definition) is 3. The van der Waals surface area contributed by atoms with Crippen LogP contribution in [-0.4, -0.2) is 31.7 Å². The molecule has 1 unspecified atom stereocenters. The highest BCUT2D eigenvalue weighted by molar-refractivity contribution is 6.30. The van der Waals surface area contributed by atoms with Gasteiger partial charge < -0.3 is 15.4 Å². The Morgan fingerprint density at radius 2 is 2.18 bits per heavy atom. The van der Waals surface area contributed by atoms with Crippen LogP contribution in [0, 0.1) is 0 Å². The predicted octanol–water partition coefficient (Wildman–Crippen LogP) is 3.07. The molecule has 1 atom stereocenters. The van der Waals surface area contributed by atoms with E-state index in [4.69, 9.17) is 16.3 Å². The molecular formula is C14H16ClF3N2O2. The Bertz CT molecular complexity index is 531. The standard InChI is InChI=1S/C14H16ClF3N2O2/c15-9-3-4-12(11(6-9)14(16,17)18)19-8-13(21)20-7-10-2-1-5-22-10/h3-4,6,10,19H,1-2,5,7-8H2,(H,20,21). The lowest BCUT2D eigenvalue weighted by Crippen LogP contribution is -2.35. The summed E-state index contributed by atoms with van der Waals surface area (Å²) >= 11 is 5.59. The molecule has 2 N–H and O–H groups in total. The summed E-state index contributed by atoms with van der Waals surface area (Å²) in [5, 5.41) is 5.11. The van der Waals surface area contributed by atoms with Crippen molar-refractivity contribution in [2.24, 2.45) is 0 Å². The van der Waals surface area contributed by atoms with Crippen LogP contribution in [0.3, 0.4) is 0 Å². The van der Waals surface area contributed by atoms with Crippen molar-refractivity contribution in [1.82, 2.24) is 5.32 Å². The van der Waals surface area contributed by atoms with Gasteiger partial charge in [-0.25, -0.2) is 0 Å². The van der Waals surface area contributed by atoms with Crippen molar-refractivity contribution in [3.05, 3.63) is 28.8 Å². The molecule has 1 fully saturated rings. The minimum atomic E-state index is -4.54. The van der Waals surface area contributed by atoms with Crippen molar-refractivity contribution in [2.75, 3.05) is 25.0 Å². The number of hydrogen-bond donors (Lipinski definition) is 2. The van der Waals surface area contributed by atoms with E-state index in [9.17, 15) is 18.0 Å². The molecule has 0 aliphatic carbocycles. The Hall–Kier alpha value is -1.47. The zero-order valence-electron chi connectivity index (χ0n) is 11.7. The molecule has 4 nitrogen and oxygen atoms in total. The monoisotopic (exact) mass is 336 g/mol. The maximum atomic E-state index is 12.9. The fraction of sp³-hybridized carbons (Fsp3) is 0.500. The van der Waals surface area contributed by atoms with Gasteiger partial charge in [0.25, 0.3) is 0 Å². The van der Waals surface area contributed by atoms with E-state index >= 15 is 0 Å². The van der Waals surface area contributed by atoms with Crippen LogP contribution in [0.1, 0.15) is 18.4 Å². The first-order chi connectivity index (χ1) is 10.4. The minimum absolute atomic E-state index is 0.00906. The summed E-state index contributed by atoms with van der Waals surface area (Å²) in [4.78, 5) is 11.7. The van der Waals surface area contributed by atoms with Gasteiger partial charge in [-0.3, -0.25) is 4.79 Å². The van der Waals surface area contributed by atoms with Crippen LogP contribution >= 0.6 is 11.6 Å². The van der Waals surface area contributed by atoms with E-state index in [1.165, 1.54) is 12.1 Å². The number of carbonyl (C=O) groups excluding carboxylic acids is 1. The zero-order valence-corrected chi connectivity index (χ0v) is 12.4. The van der Waals surface area contributed by atoms with Crippen LogP contribution in [0.5, 0.6) is 0 Å². The number of halogens is 4. The van der Waals surface area contributed by atoms with Crippen LogP contribution < -0.4 is 10.6 Å². The molecule has 1 saturated heterocycles. The predicted molar refractivity (Wildman–Crippen MR) is 76.9 cm³/mol. The molecule has 0 aromatic heterocycles. The molecular weight excluding hydrogens is 321 g/mol. The van der Waals surface area contributed by atoms with E-state index in [-0.39, 0.29) is 23.4 Å². The Morgan fingerprint density at radius 3 is 2.82 bits per heavy atom. The third kappa shape index (κ3) is 4.78. The summed E-state index contributed by atoms with van der Waals surface area (Å²) in [6.07, 6.45) is -2.71. The molecule has 0 spiro atoms. The van der Waals surface area contributed by atoms with E-state index in [2.05, 4.69) is 10.6 Å². The number of carbonyl (C=O) groups is 1. The van der Waals surface area contributed by atoms with Crippen molar-refractivity contribution in [2.45, 2.75) is 25.1 Å². The van der Waals surface area contributed by atoms with Gasteiger partial charge in [-0.05, 0) is 31.0 Å². The molecule has 1 heterocycles. The SMILES string of the molecule is O=C(CNc1ccc(Cl)cc1C(F)(F)F)NCC1CCCO1. The van der Waals surface area contributed by atoms with Gasteiger partial charge in [0.15, 0.2) is 0 Å². The van der Waals surface area contributed by atoms with E-state index in [1.54, 1.807) is 0 Å². The topological polar surface area (TPSA) is 50.4 Å². The summed E-state index contributed by atoms with van der Waals surface area (Å²) in [6.45, 7) is 0.795. The summed E-state index contributed by atoms with van der Waals surface area (Å²) in [6, 6.07) is 3.37. The molecule has 1 aliphatic heterocycles. The van der Waals surface area contributed by atoms with Crippen LogP contribution in [-0.2, 0) is 15.7 Å². The van der Waals surface area contributed by atoms with Crippen LogP contribution in [0.15, 0.2) is 18.2 Å². The van der Waals surface area contributed by atoms with Crippen molar-refractivity contribution in [3.8, 4) is 0 Å². The first kappa shape index (κ1) is 16.9. The largest absolute Gasteiger partial charge is 0.418 e. The van der Waals surface area contributed by atoms with E-state index in [1.807, 2.05) is 0 Å². The smallest absolute Gasteiger partial charge is 0.376 e. The Kier molecular flexibility index (Phi) is 5.52. The number of rotatable bonds is 5. The Labute approximate surface area is 131 Å². The molecule has 122 valence electrons. The number of ether oxygens (including phenoxy) is 1. The molecule has 1 aliphatic rings. The quantitative estimate of drug-likeness (QED) is 0.869. The third-order valence-corrected chi connectivity index (χ3v) is 3.51. The van der Waals surface area contributed by atoms with Crippen molar-refractivity contribution < 1.29 is 22.7 Å². The lowest BCUT2D eigenvalue weighted by atomic mass is 10.1. The summed E-state index contributed by atoms with van der Waals surface area (Å²) in [5.41, 5.74) is -1.07. The average Bonchev–Trinajstić information content (AvgIpc) is 2.96. The highest BCUT2D eigenvalue weighted by Gasteiger charge is 2.33. The molecule has 2 rings (SSSR count). The molecule has 0 bridgehead atoms. The molecule has 8 heteroatoms. The first-order valence-corrected chi connectivity index (χ1v) is 7.23. The second kappa shape index (κ2) is 7.19. The maximum Gasteiger partial charge on any atom is 0.418 e. The summed E-state index contributed by atoms with van der Waals surface area (Å²) in [5.74, 6) is -0.390. The van der Waals surface area contributed by atoms with E-state index in [0.717, 1.165) is 18.9 Å². The van der Waals surface area contributed by atoms with Gasteiger partial charge >= 0.3 is 6.18 Å². The number of benzene rings is 1. The Morgan fingerprint density at radius 1 is 1.41 bits per heavy atom. The summed E-state index contributed by atoms with van der Waals surface area (Å²) < 4.78 is 44.0. The fourth-order valence-electron chi connectivity index (χ4n) is 2.18. The lowest BCUT2D eigenvalue weighted by Gasteiger charge is -2.15. The fourth-order valence-corrected chi connectivity index (χ4v) is 2.35. The van der Waals surface area contributed by atoms with Gasteiger partial charge in [0.2, 0.25) is 5.91 Å². The number of alkyl halides is 3. The van der Waals surface area contributed by atoms with Gasteiger partial charge in [0, 0.05) is 23.9 Å². The first-order valence-electron chi connectivity index (χ1n) is 6.85. The van der Waals surface area contributed by atoms with Crippen LogP contribution in [0.4, 0.5) is 18.9 Å². The van der Waals surface area contributed by atoms with Crippen molar-refractivity contribution >= 4 is 23.2 Å². The lowest BCUT2D eigenvalue weighted by molar-refractivity contribution is -0.137. The van der Waals surface area contributed by atoms with Crippen molar-refractivity contribution in [1.29, 1.82) is 0 Å². The third-order valence-electron chi connectivity index (χ3n) is 3.28.